The molecular weight excluding hydrogens is 341 g/mol. The van der Waals surface area contributed by atoms with Crippen LogP contribution in [0.2, 0.25) is 0 Å². The summed E-state index contributed by atoms with van der Waals surface area (Å²) in [5.41, 5.74) is 2.21. The van der Waals surface area contributed by atoms with Crippen LogP contribution in [0.3, 0.4) is 0 Å². The van der Waals surface area contributed by atoms with Crippen LogP contribution in [0.4, 0.5) is 9.39 Å². The Morgan fingerprint density at radius 1 is 1.32 bits per heavy atom. The minimum Gasteiger partial charge on any atom is -0.465 e. The molecule has 0 radical (unpaired) electrons. The van der Waals surface area contributed by atoms with E-state index in [1.54, 1.807) is 12.1 Å². The largest absolute Gasteiger partial charge is 0.465 e. The van der Waals surface area contributed by atoms with E-state index in [0.717, 1.165) is 29.7 Å². The summed E-state index contributed by atoms with van der Waals surface area (Å²) in [6, 6.07) is 5.82. The maximum atomic E-state index is 13.0. The average Bonchev–Trinajstić information content (AvgIpc) is 2.92. The molecular formula is C19H20FNO3S. The highest BCUT2D eigenvalue weighted by molar-refractivity contribution is 7.17. The molecule has 0 bridgehead atoms. The third kappa shape index (κ3) is 3.90. The van der Waals surface area contributed by atoms with E-state index in [1.165, 1.54) is 30.6 Å². The fourth-order valence-electron chi connectivity index (χ4n) is 3.12. The van der Waals surface area contributed by atoms with Gasteiger partial charge in [-0.15, -0.1) is 11.3 Å². The standard InChI is InChI=1S/C19H20FNO3S/c1-11-3-8-14-15(9-11)25-18(17(14)19(23)24-2)21-16(22)10-12-4-6-13(20)7-5-12/h4-7,11H,3,8-10H2,1-2H3,(H,21,22)/t11-/m1/s1. The van der Waals surface area contributed by atoms with Crippen molar-refractivity contribution < 1.29 is 18.7 Å². The maximum Gasteiger partial charge on any atom is 0.341 e. The molecule has 0 aliphatic heterocycles. The number of thiophene rings is 1. The second kappa shape index (κ2) is 7.35. The second-order valence-electron chi connectivity index (χ2n) is 6.40. The van der Waals surface area contributed by atoms with Crippen LogP contribution in [0.25, 0.3) is 0 Å². The van der Waals surface area contributed by atoms with Crippen LogP contribution < -0.4 is 5.32 Å². The summed E-state index contributed by atoms with van der Waals surface area (Å²) in [6.07, 6.45) is 2.89. The summed E-state index contributed by atoms with van der Waals surface area (Å²) in [5.74, 6) is -0.413. The predicted molar refractivity (Wildman–Crippen MR) is 95.6 cm³/mol. The van der Waals surface area contributed by atoms with Crippen molar-refractivity contribution in [3.05, 3.63) is 51.7 Å². The second-order valence-corrected chi connectivity index (χ2v) is 7.50. The Bertz CT molecular complexity index is 798. The van der Waals surface area contributed by atoms with Gasteiger partial charge in [-0.1, -0.05) is 19.1 Å². The van der Waals surface area contributed by atoms with Gasteiger partial charge in [-0.2, -0.15) is 0 Å². The number of ether oxygens (including phenoxy) is 1. The van der Waals surface area contributed by atoms with E-state index in [9.17, 15) is 14.0 Å². The van der Waals surface area contributed by atoms with Crippen molar-refractivity contribution in [2.45, 2.75) is 32.6 Å². The Kier molecular flexibility index (Phi) is 5.18. The highest BCUT2D eigenvalue weighted by atomic mass is 32.1. The van der Waals surface area contributed by atoms with Crippen LogP contribution in [0.1, 0.15) is 39.7 Å². The van der Waals surface area contributed by atoms with E-state index in [0.29, 0.717) is 22.0 Å². The molecule has 1 N–H and O–H groups in total. The van der Waals surface area contributed by atoms with Crippen molar-refractivity contribution in [1.82, 2.24) is 0 Å². The minimum atomic E-state index is -0.413. The van der Waals surface area contributed by atoms with Crippen LogP contribution in [-0.2, 0) is 28.8 Å². The molecule has 25 heavy (non-hydrogen) atoms. The number of amides is 1. The zero-order chi connectivity index (χ0) is 18.0. The quantitative estimate of drug-likeness (QED) is 0.838. The summed E-state index contributed by atoms with van der Waals surface area (Å²) >= 11 is 1.46. The predicted octanol–water partition coefficient (Wildman–Crippen LogP) is 3.98. The lowest BCUT2D eigenvalue weighted by atomic mass is 9.88. The van der Waals surface area contributed by atoms with Gasteiger partial charge in [0.05, 0.1) is 19.1 Å². The molecule has 1 aliphatic carbocycles. The number of hydrogen-bond acceptors (Lipinski definition) is 4. The van der Waals surface area contributed by atoms with Crippen molar-refractivity contribution in [2.24, 2.45) is 5.92 Å². The molecule has 1 aromatic heterocycles. The maximum absolute atomic E-state index is 13.0. The smallest absolute Gasteiger partial charge is 0.341 e. The van der Waals surface area contributed by atoms with Crippen LogP contribution in [0.15, 0.2) is 24.3 Å². The average molecular weight is 361 g/mol. The van der Waals surface area contributed by atoms with Gasteiger partial charge in [0.15, 0.2) is 0 Å². The van der Waals surface area contributed by atoms with Gasteiger partial charge in [0.25, 0.3) is 0 Å². The molecule has 0 spiro atoms. The highest BCUT2D eigenvalue weighted by Gasteiger charge is 2.28. The molecule has 2 aromatic rings. The third-order valence-electron chi connectivity index (χ3n) is 4.43. The molecule has 1 amide bonds. The Morgan fingerprint density at radius 2 is 2.04 bits per heavy atom. The summed E-state index contributed by atoms with van der Waals surface area (Å²) in [5, 5.41) is 3.40. The number of hydrogen-bond donors (Lipinski definition) is 1. The molecule has 132 valence electrons. The lowest BCUT2D eigenvalue weighted by Crippen LogP contribution is -2.17. The molecule has 3 rings (SSSR count). The Hall–Kier alpha value is -2.21. The zero-order valence-electron chi connectivity index (χ0n) is 14.2. The van der Waals surface area contributed by atoms with Crippen LogP contribution in [0, 0.1) is 11.7 Å². The van der Waals surface area contributed by atoms with E-state index in [-0.39, 0.29) is 18.1 Å². The molecule has 0 saturated carbocycles. The monoisotopic (exact) mass is 361 g/mol. The van der Waals surface area contributed by atoms with Gasteiger partial charge in [0, 0.05) is 4.88 Å². The molecule has 0 saturated heterocycles. The molecule has 1 atom stereocenters. The summed E-state index contributed by atoms with van der Waals surface area (Å²) in [4.78, 5) is 25.7. The SMILES string of the molecule is COC(=O)c1c(NC(=O)Cc2ccc(F)cc2)sc2c1CC[C@@H](C)C2. The van der Waals surface area contributed by atoms with E-state index in [1.807, 2.05) is 0 Å². The van der Waals surface area contributed by atoms with Gasteiger partial charge in [0.1, 0.15) is 10.8 Å². The lowest BCUT2D eigenvalue weighted by Gasteiger charge is -2.18. The van der Waals surface area contributed by atoms with E-state index < -0.39 is 5.97 Å². The number of anilines is 1. The number of halogens is 1. The summed E-state index contributed by atoms with van der Waals surface area (Å²) in [6.45, 7) is 2.19. The fourth-order valence-corrected chi connectivity index (χ4v) is 4.53. The summed E-state index contributed by atoms with van der Waals surface area (Å²) in [7, 11) is 1.35. The number of carbonyl (C=O) groups is 2. The molecule has 0 unspecified atom stereocenters. The van der Waals surface area contributed by atoms with Crippen molar-refractivity contribution >= 4 is 28.2 Å². The fraction of sp³-hybridized carbons (Fsp3) is 0.368. The van der Waals surface area contributed by atoms with Crippen molar-refractivity contribution in [1.29, 1.82) is 0 Å². The van der Waals surface area contributed by atoms with Gasteiger partial charge >= 0.3 is 5.97 Å². The van der Waals surface area contributed by atoms with Crippen molar-refractivity contribution in [3.8, 4) is 0 Å². The zero-order valence-corrected chi connectivity index (χ0v) is 15.0. The van der Waals surface area contributed by atoms with Gasteiger partial charge < -0.3 is 10.1 Å². The molecule has 1 heterocycles. The van der Waals surface area contributed by atoms with E-state index in [4.69, 9.17) is 4.74 Å². The Morgan fingerprint density at radius 3 is 2.72 bits per heavy atom. The number of esters is 1. The van der Waals surface area contributed by atoms with E-state index in [2.05, 4.69) is 12.2 Å². The number of nitrogens with one attached hydrogen (secondary N) is 1. The molecule has 1 aliphatic rings. The highest BCUT2D eigenvalue weighted by Crippen LogP contribution is 2.40. The summed E-state index contributed by atoms with van der Waals surface area (Å²) < 4.78 is 17.9. The normalized spacial score (nSPS) is 16.2. The molecule has 1 aromatic carbocycles. The van der Waals surface area contributed by atoms with Crippen LogP contribution in [-0.4, -0.2) is 19.0 Å². The van der Waals surface area contributed by atoms with Gasteiger partial charge in [-0.25, -0.2) is 9.18 Å². The Balaban J connectivity index is 1.82. The number of rotatable bonds is 4. The third-order valence-corrected chi connectivity index (χ3v) is 5.60. The molecule has 6 heteroatoms. The minimum absolute atomic E-state index is 0.125. The van der Waals surface area contributed by atoms with Crippen molar-refractivity contribution in [3.63, 3.8) is 0 Å². The number of benzene rings is 1. The Labute approximate surface area is 150 Å². The molecule has 0 fully saturated rings. The first-order chi connectivity index (χ1) is 12.0. The van der Waals surface area contributed by atoms with Crippen LogP contribution >= 0.6 is 11.3 Å². The molecule has 4 nitrogen and oxygen atoms in total. The first-order valence-electron chi connectivity index (χ1n) is 8.25. The number of carbonyl (C=O) groups excluding carboxylic acids is 2. The van der Waals surface area contributed by atoms with Gasteiger partial charge in [-0.3, -0.25) is 4.79 Å². The van der Waals surface area contributed by atoms with Crippen molar-refractivity contribution in [2.75, 3.05) is 12.4 Å². The first-order valence-corrected chi connectivity index (χ1v) is 9.06. The lowest BCUT2D eigenvalue weighted by molar-refractivity contribution is -0.115. The number of fused-ring (bicyclic) bond motifs is 1. The van der Waals surface area contributed by atoms with E-state index >= 15 is 0 Å². The number of methoxy groups -OCH3 is 1. The van der Waals surface area contributed by atoms with Crippen LogP contribution in [0.5, 0.6) is 0 Å². The van der Waals surface area contributed by atoms with Gasteiger partial charge in [0.2, 0.25) is 5.91 Å². The van der Waals surface area contributed by atoms with Gasteiger partial charge in [-0.05, 0) is 48.4 Å². The first kappa shape index (κ1) is 17.6. The topological polar surface area (TPSA) is 55.4 Å².